The summed E-state index contributed by atoms with van der Waals surface area (Å²) in [7, 11) is 0. The van der Waals surface area contributed by atoms with Gasteiger partial charge in [-0.2, -0.15) is 0 Å². The lowest BCUT2D eigenvalue weighted by Crippen LogP contribution is -1.94. The topological polar surface area (TPSA) is 39.2 Å². The molecule has 3 nitrogen and oxygen atoms in total. The Kier molecular flexibility index (Phi) is 3.13. The maximum Gasteiger partial charge on any atom is 0.156 e. The second kappa shape index (κ2) is 5.09. The van der Waals surface area contributed by atoms with Crippen molar-refractivity contribution in [3.05, 3.63) is 66.1 Å². The lowest BCUT2D eigenvalue weighted by molar-refractivity contribution is 0.111. The van der Waals surface area contributed by atoms with Gasteiger partial charge >= 0.3 is 0 Å². The first-order valence-electron chi connectivity index (χ1n) is 6.05. The van der Waals surface area contributed by atoms with E-state index in [0.717, 1.165) is 10.9 Å². The molecule has 0 atom stereocenters. The molecule has 0 aliphatic carbocycles. The molecule has 1 aromatic heterocycles. The first-order valence-corrected chi connectivity index (χ1v) is 6.05. The van der Waals surface area contributed by atoms with Gasteiger partial charge in [0.2, 0.25) is 0 Å². The third-order valence-corrected chi connectivity index (χ3v) is 2.96. The number of aldehydes is 1. The molecule has 0 aliphatic rings. The molecule has 0 unspecified atom stereocenters. The maximum absolute atomic E-state index is 13.5. The van der Waals surface area contributed by atoms with Crippen LogP contribution in [0.4, 0.5) is 4.39 Å². The minimum atomic E-state index is -0.601. The van der Waals surface area contributed by atoms with Crippen molar-refractivity contribution in [3.63, 3.8) is 0 Å². The Morgan fingerprint density at radius 1 is 1.00 bits per heavy atom. The van der Waals surface area contributed by atoms with Crippen molar-refractivity contribution < 1.29 is 13.9 Å². The second-order valence-corrected chi connectivity index (χ2v) is 4.20. The van der Waals surface area contributed by atoms with Gasteiger partial charge in [-0.1, -0.05) is 12.1 Å². The molecule has 20 heavy (non-hydrogen) atoms. The quantitative estimate of drug-likeness (QED) is 0.674. The van der Waals surface area contributed by atoms with Gasteiger partial charge in [0.05, 0.1) is 11.1 Å². The summed E-state index contributed by atoms with van der Waals surface area (Å²) in [6, 6.07) is 13.3. The Labute approximate surface area is 114 Å². The van der Waals surface area contributed by atoms with Crippen LogP contribution in [0.25, 0.3) is 10.9 Å². The van der Waals surface area contributed by atoms with E-state index in [0.29, 0.717) is 12.0 Å². The second-order valence-electron chi connectivity index (χ2n) is 4.20. The van der Waals surface area contributed by atoms with E-state index in [1.165, 1.54) is 12.1 Å². The largest absolute Gasteiger partial charge is 0.456 e. The highest BCUT2D eigenvalue weighted by Crippen LogP contribution is 2.31. The first-order chi connectivity index (χ1) is 9.79. The molecule has 0 saturated carbocycles. The number of benzene rings is 2. The van der Waals surface area contributed by atoms with Gasteiger partial charge in [0.1, 0.15) is 17.3 Å². The number of hydrogen-bond donors (Lipinski definition) is 0. The highest BCUT2D eigenvalue weighted by Gasteiger charge is 2.11. The highest BCUT2D eigenvalue weighted by molar-refractivity contribution is 5.86. The fraction of sp³-hybridized carbons (Fsp3) is 0. The smallest absolute Gasteiger partial charge is 0.156 e. The van der Waals surface area contributed by atoms with Gasteiger partial charge in [-0.05, 0) is 36.4 Å². The lowest BCUT2D eigenvalue weighted by Gasteiger charge is -2.10. The molecule has 2 aromatic carbocycles. The van der Waals surface area contributed by atoms with Crippen LogP contribution in [0.15, 0.2) is 54.7 Å². The molecule has 98 valence electrons. The highest BCUT2D eigenvalue weighted by atomic mass is 19.1. The molecule has 0 bridgehead atoms. The molecular weight excluding hydrogens is 257 g/mol. The summed E-state index contributed by atoms with van der Waals surface area (Å²) in [5.74, 6) is 0.122. The monoisotopic (exact) mass is 267 g/mol. The Morgan fingerprint density at radius 3 is 2.65 bits per heavy atom. The summed E-state index contributed by atoms with van der Waals surface area (Å²) in [5.41, 5.74) is 0.683. The van der Waals surface area contributed by atoms with Crippen molar-refractivity contribution in [1.82, 2.24) is 4.98 Å². The van der Waals surface area contributed by atoms with Gasteiger partial charge in [-0.15, -0.1) is 0 Å². The summed E-state index contributed by atoms with van der Waals surface area (Å²) in [5, 5.41) is 0.802. The van der Waals surface area contributed by atoms with Crippen LogP contribution in [-0.2, 0) is 0 Å². The summed E-state index contributed by atoms with van der Waals surface area (Å²) in [6.07, 6.45) is 2.14. The molecule has 1 heterocycles. The maximum atomic E-state index is 13.5. The van der Waals surface area contributed by atoms with Crippen LogP contribution in [-0.4, -0.2) is 11.3 Å². The zero-order valence-corrected chi connectivity index (χ0v) is 10.4. The van der Waals surface area contributed by atoms with Crippen LogP contribution in [0.3, 0.4) is 0 Å². The van der Waals surface area contributed by atoms with Crippen LogP contribution in [0.1, 0.15) is 10.4 Å². The Hall–Kier alpha value is -2.75. The van der Waals surface area contributed by atoms with E-state index in [-0.39, 0.29) is 11.3 Å². The first kappa shape index (κ1) is 12.3. The number of rotatable bonds is 3. The summed E-state index contributed by atoms with van der Waals surface area (Å²) >= 11 is 0. The summed E-state index contributed by atoms with van der Waals surface area (Å²) < 4.78 is 19.2. The number of hydrogen-bond acceptors (Lipinski definition) is 3. The third kappa shape index (κ3) is 2.12. The summed E-state index contributed by atoms with van der Waals surface area (Å²) in [6.45, 7) is 0. The van der Waals surface area contributed by atoms with Gasteiger partial charge in [0.25, 0.3) is 0 Å². The summed E-state index contributed by atoms with van der Waals surface area (Å²) in [4.78, 5) is 15.2. The van der Waals surface area contributed by atoms with Crippen LogP contribution < -0.4 is 4.74 Å². The number of ether oxygens (including phenoxy) is 1. The van der Waals surface area contributed by atoms with E-state index in [1.807, 2.05) is 12.1 Å². The predicted molar refractivity (Wildman–Crippen MR) is 73.6 cm³/mol. The van der Waals surface area contributed by atoms with Crippen LogP contribution in [0.5, 0.6) is 11.5 Å². The van der Waals surface area contributed by atoms with E-state index in [9.17, 15) is 9.18 Å². The van der Waals surface area contributed by atoms with Crippen molar-refractivity contribution >= 4 is 17.2 Å². The van der Waals surface area contributed by atoms with E-state index in [4.69, 9.17) is 4.74 Å². The van der Waals surface area contributed by atoms with E-state index >= 15 is 0 Å². The van der Waals surface area contributed by atoms with Gasteiger partial charge in [-0.25, -0.2) is 4.39 Å². The van der Waals surface area contributed by atoms with Crippen molar-refractivity contribution in [2.24, 2.45) is 0 Å². The Bertz CT molecular complexity index is 781. The van der Waals surface area contributed by atoms with Gasteiger partial charge in [0, 0.05) is 11.6 Å². The van der Waals surface area contributed by atoms with Gasteiger partial charge < -0.3 is 4.74 Å². The molecule has 4 heteroatoms. The molecule has 0 fully saturated rings. The molecule has 0 amide bonds. The molecule has 0 saturated heterocycles. The average molecular weight is 267 g/mol. The van der Waals surface area contributed by atoms with Gasteiger partial charge in [0.15, 0.2) is 6.29 Å². The van der Waals surface area contributed by atoms with Crippen LogP contribution in [0.2, 0.25) is 0 Å². The number of pyridine rings is 1. The van der Waals surface area contributed by atoms with E-state index in [2.05, 4.69) is 4.98 Å². The zero-order chi connectivity index (χ0) is 13.9. The minimum absolute atomic E-state index is 0.0895. The van der Waals surface area contributed by atoms with Crippen molar-refractivity contribution in [2.45, 2.75) is 0 Å². The normalized spacial score (nSPS) is 10.4. The minimum Gasteiger partial charge on any atom is -0.456 e. The van der Waals surface area contributed by atoms with Crippen LogP contribution >= 0.6 is 0 Å². The van der Waals surface area contributed by atoms with Gasteiger partial charge in [-0.3, -0.25) is 9.78 Å². The van der Waals surface area contributed by atoms with Crippen LogP contribution in [0, 0.1) is 5.82 Å². The number of aromatic nitrogens is 1. The standard InChI is InChI=1S/C16H10FNO2/c17-13-5-1-7-16(12(13)10-19)20-15-8-2-6-14-11(15)4-3-9-18-14/h1-10H. The Balaban J connectivity index is 2.10. The Morgan fingerprint density at radius 2 is 1.80 bits per heavy atom. The average Bonchev–Trinajstić information content (AvgIpc) is 2.48. The third-order valence-electron chi connectivity index (χ3n) is 2.96. The number of carbonyl (C=O) groups is 1. The molecule has 0 aliphatic heterocycles. The number of fused-ring (bicyclic) bond motifs is 1. The SMILES string of the molecule is O=Cc1c(F)cccc1Oc1cccc2ncccc12. The van der Waals surface area contributed by atoms with E-state index in [1.54, 1.807) is 30.5 Å². The fourth-order valence-electron chi connectivity index (χ4n) is 2.00. The molecule has 0 radical (unpaired) electrons. The number of halogens is 1. The van der Waals surface area contributed by atoms with E-state index < -0.39 is 5.82 Å². The fourth-order valence-corrected chi connectivity index (χ4v) is 2.00. The van der Waals surface area contributed by atoms with Crippen molar-refractivity contribution in [3.8, 4) is 11.5 Å². The van der Waals surface area contributed by atoms with Crippen molar-refractivity contribution in [1.29, 1.82) is 0 Å². The molecule has 3 rings (SSSR count). The zero-order valence-electron chi connectivity index (χ0n) is 10.4. The molecule has 0 spiro atoms. The number of nitrogens with zero attached hydrogens (tertiary/aromatic N) is 1. The lowest BCUT2D eigenvalue weighted by atomic mass is 10.2. The molecule has 3 aromatic rings. The molecular formula is C16H10FNO2. The van der Waals surface area contributed by atoms with Crippen molar-refractivity contribution in [2.75, 3.05) is 0 Å². The number of carbonyl (C=O) groups excluding carboxylic acids is 1. The molecule has 0 N–H and O–H groups in total. The predicted octanol–water partition coefficient (Wildman–Crippen LogP) is 3.98.